The minimum atomic E-state index is -0.551. The van der Waals surface area contributed by atoms with E-state index in [1.54, 1.807) is 6.26 Å². The van der Waals surface area contributed by atoms with Gasteiger partial charge in [-0.05, 0) is 79.7 Å². The second-order valence-corrected chi connectivity index (χ2v) is 11.1. The molecule has 1 aromatic rings. The Labute approximate surface area is 171 Å². The lowest BCUT2D eigenvalue weighted by Gasteiger charge is -2.61. The van der Waals surface area contributed by atoms with Crippen molar-refractivity contribution in [1.82, 2.24) is 0 Å². The molecule has 1 spiro atoms. The first-order chi connectivity index (χ1) is 13.8. The highest BCUT2D eigenvalue weighted by Crippen LogP contribution is 2.77. The molecule has 5 nitrogen and oxygen atoms in total. The predicted octanol–water partition coefficient (Wildman–Crippen LogP) is 3.23. The molecule has 0 aromatic carbocycles. The van der Waals surface area contributed by atoms with E-state index in [9.17, 15) is 15.0 Å². The van der Waals surface area contributed by atoms with Gasteiger partial charge in [-0.25, -0.2) is 4.79 Å². The van der Waals surface area contributed by atoms with Crippen molar-refractivity contribution >= 4 is 0 Å². The van der Waals surface area contributed by atoms with Crippen molar-refractivity contribution < 1.29 is 19.4 Å². The lowest BCUT2D eigenvalue weighted by molar-refractivity contribution is -0.143. The van der Waals surface area contributed by atoms with Crippen molar-refractivity contribution in [3.05, 3.63) is 34.4 Å². The summed E-state index contributed by atoms with van der Waals surface area (Å²) in [5.41, 5.74) is 0.457. The number of aliphatic hydroxyl groups excluding tert-OH is 2. The normalized spacial score (nSPS) is 55.4. The lowest BCUT2D eigenvalue weighted by Crippen LogP contribution is -2.58. The maximum Gasteiger partial charge on any atom is 0.335 e. The van der Waals surface area contributed by atoms with Gasteiger partial charge in [0.15, 0.2) is 0 Å². The maximum absolute atomic E-state index is 11.5. The van der Waals surface area contributed by atoms with Crippen LogP contribution in [0.2, 0.25) is 0 Å². The molecule has 0 bridgehead atoms. The fraction of sp³-hybridized carbons (Fsp3) is 0.792. The molecule has 2 unspecified atom stereocenters. The number of ether oxygens (including phenoxy) is 1. The van der Waals surface area contributed by atoms with Crippen molar-refractivity contribution in [3.8, 4) is 0 Å². The average Bonchev–Trinajstić information content (AvgIpc) is 3.40. The molecular formula is C24H32O5. The summed E-state index contributed by atoms with van der Waals surface area (Å²) in [5, 5.41) is 21.5. The van der Waals surface area contributed by atoms with E-state index in [0.29, 0.717) is 17.8 Å². The van der Waals surface area contributed by atoms with E-state index in [2.05, 4.69) is 13.8 Å². The highest BCUT2D eigenvalue weighted by Gasteiger charge is 2.83. The van der Waals surface area contributed by atoms with E-state index >= 15 is 0 Å². The molecule has 29 heavy (non-hydrogen) atoms. The summed E-state index contributed by atoms with van der Waals surface area (Å²) in [6.45, 7) is 4.76. The largest absolute Gasteiger partial charge is 0.431 e. The van der Waals surface area contributed by atoms with Gasteiger partial charge in [-0.2, -0.15) is 0 Å². The zero-order valence-electron chi connectivity index (χ0n) is 17.3. The number of fused-ring (bicyclic) bond motifs is 3. The molecule has 0 amide bonds. The van der Waals surface area contributed by atoms with Crippen molar-refractivity contribution in [2.24, 2.45) is 28.6 Å². The number of rotatable bonds is 1. The average molecular weight is 401 g/mol. The Kier molecular flexibility index (Phi) is 3.68. The third-order valence-corrected chi connectivity index (χ3v) is 10.2. The molecule has 1 saturated heterocycles. The van der Waals surface area contributed by atoms with Crippen LogP contribution < -0.4 is 5.63 Å². The van der Waals surface area contributed by atoms with Crippen LogP contribution in [0.15, 0.2) is 27.6 Å². The molecule has 2 heterocycles. The van der Waals surface area contributed by atoms with E-state index in [0.717, 1.165) is 50.5 Å². The molecule has 10 atom stereocenters. The molecule has 4 aliphatic carbocycles. The summed E-state index contributed by atoms with van der Waals surface area (Å²) in [7, 11) is 0. The van der Waals surface area contributed by atoms with Crippen LogP contribution in [0.4, 0.5) is 0 Å². The van der Waals surface area contributed by atoms with Gasteiger partial charge in [0.25, 0.3) is 0 Å². The van der Waals surface area contributed by atoms with Crippen LogP contribution in [-0.2, 0) is 4.74 Å². The fourth-order valence-corrected chi connectivity index (χ4v) is 8.81. The Morgan fingerprint density at radius 2 is 1.86 bits per heavy atom. The zero-order chi connectivity index (χ0) is 20.2. The lowest BCUT2D eigenvalue weighted by atomic mass is 9.44. The summed E-state index contributed by atoms with van der Waals surface area (Å²) in [6.07, 6.45) is 8.19. The van der Waals surface area contributed by atoms with Crippen molar-refractivity contribution in [1.29, 1.82) is 0 Å². The minimum Gasteiger partial charge on any atom is -0.431 e. The Balaban J connectivity index is 1.38. The van der Waals surface area contributed by atoms with Gasteiger partial charge in [0.2, 0.25) is 0 Å². The van der Waals surface area contributed by atoms with Crippen molar-refractivity contribution in [2.75, 3.05) is 0 Å². The summed E-state index contributed by atoms with van der Waals surface area (Å²) in [5.74, 6) is 1.63. The van der Waals surface area contributed by atoms with Gasteiger partial charge < -0.3 is 19.4 Å². The number of hydrogen-bond acceptors (Lipinski definition) is 5. The van der Waals surface area contributed by atoms with Gasteiger partial charge in [0, 0.05) is 17.4 Å². The molecule has 5 heteroatoms. The second kappa shape index (κ2) is 5.74. The van der Waals surface area contributed by atoms with E-state index in [1.165, 1.54) is 6.07 Å². The van der Waals surface area contributed by atoms with Crippen molar-refractivity contribution in [3.63, 3.8) is 0 Å². The maximum atomic E-state index is 11.5. The van der Waals surface area contributed by atoms with Crippen LogP contribution >= 0.6 is 0 Å². The van der Waals surface area contributed by atoms with Gasteiger partial charge in [-0.3, -0.25) is 0 Å². The van der Waals surface area contributed by atoms with Crippen LogP contribution in [-0.4, -0.2) is 34.1 Å². The third kappa shape index (κ3) is 2.14. The number of hydrogen-bond donors (Lipinski definition) is 2. The van der Waals surface area contributed by atoms with Crippen molar-refractivity contribution in [2.45, 2.75) is 88.6 Å². The molecule has 1 aromatic heterocycles. The Morgan fingerprint density at radius 1 is 1.03 bits per heavy atom. The van der Waals surface area contributed by atoms with Gasteiger partial charge >= 0.3 is 5.63 Å². The molecule has 0 radical (unpaired) electrons. The van der Waals surface area contributed by atoms with Crippen LogP contribution in [0.3, 0.4) is 0 Å². The predicted molar refractivity (Wildman–Crippen MR) is 106 cm³/mol. The summed E-state index contributed by atoms with van der Waals surface area (Å²) in [4.78, 5) is 11.5. The smallest absolute Gasteiger partial charge is 0.335 e. The van der Waals surface area contributed by atoms with Crippen LogP contribution in [0.5, 0.6) is 0 Å². The molecule has 5 aliphatic rings. The van der Waals surface area contributed by atoms with Gasteiger partial charge in [-0.15, -0.1) is 0 Å². The number of epoxide rings is 1. The quantitative estimate of drug-likeness (QED) is 0.707. The molecule has 4 saturated carbocycles. The highest BCUT2D eigenvalue weighted by molar-refractivity contribution is 5.38. The first kappa shape index (κ1) is 18.6. The van der Waals surface area contributed by atoms with E-state index in [4.69, 9.17) is 9.15 Å². The summed E-state index contributed by atoms with van der Waals surface area (Å²) >= 11 is 0. The van der Waals surface area contributed by atoms with Crippen LogP contribution in [0.25, 0.3) is 0 Å². The van der Waals surface area contributed by atoms with Crippen LogP contribution in [0, 0.1) is 28.6 Å². The van der Waals surface area contributed by atoms with E-state index in [1.807, 2.05) is 6.07 Å². The SMILES string of the molecule is C[C@]12CC[C@H](O)CC1CC[C@@H]1C2CC[C@]2(C)[C@@H](c3ccc(=O)oc3)[C@@H](O)[C@H]3O[C@]132. The standard InChI is InChI=1S/C24H32O5/c1-22-9-7-15(25)11-14(22)4-5-17-16(22)8-10-23(2)19(13-3-6-18(26)28-12-13)20(27)21-24(17,23)29-21/h3,6,12,14-17,19-21,25,27H,4-5,7-11H2,1-2H3/t14?,15-,16?,17+,19-,20+,21+,22-,23+,24+/m0/s1. The molecule has 1 aliphatic heterocycles. The second-order valence-electron chi connectivity index (χ2n) is 11.1. The summed E-state index contributed by atoms with van der Waals surface area (Å²) < 4.78 is 11.6. The first-order valence-electron chi connectivity index (χ1n) is 11.4. The molecule has 6 rings (SSSR count). The van der Waals surface area contributed by atoms with Gasteiger partial charge in [-0.1, -0.05) is 13.8 Å². The van der Waals surface area contributed by atoms with Crippen LogP contribution in [0.1, 0.15) is 70.3 Å². The topological polar surface area (TPSA) is 83.2 Å². The zero-order valence-corrected chi connectivity index (χ0v) is 17.3. The Bertz CT molecular complexity index is 875. The molecule has 2 N–H and O–H groups in total. The Morgan fingerprint density at radius 3 is 2.62 bits per heavy atom. The third-order valence-electron chi connectivity index (χ3n) is 10.2. The molecule has 5 fully saturated rings. The van der Waals surface area contributed by atoms with E-state index < -0.39 is 6.10 Å². The fourth-order valence-electron chi connectivity index (χ4n) is 8.81. The minimum absolute atomic E-state index is 0.0507. The summed E-state index contributed by atoms with van der Waals surface area (Å²) in [6, 6.07) is 3.30. The molecule has 158 valence electrons. The van der Waals surface area contributed by atoms with E-state index in [-0.39, 0.29) is 40.2 Å². The van der Waals surface area contributed by atoms with Gasteiger partial charge in [0.05, 0.1) is 18.5 Å². The number of aliphatic hydroxyl groups is 2. The monoisotopic (exact) mass is 400 g/mol. The van der Waals surface area contributed by atoms with Gasteiger partial charge in [0.1, 0.15) is 11.7 Å². The highest BCUT2D eigenvalue weighted by atomic mass is 16.6. The first-order valence-corrected chi connectivity index (χ1v) is 11.4. The Hall–Kier alpha value is -1.17. The molecular weight excluding hydrogens is 368 g/mol.